The molecule has 1 fully saturated rings. The first-order valence-corrected chi connectivity index (χ1v) is 6.41. The largest absolute Gasteiger partial charge is 0.491 e. The van der Waals surface area contributed by atoms with Gasteiger partial charge in [0.2, 0.25) is 0 Å². The summed E-state index contributed by atoms with van der Waals surface area (Å²) < 4.78 is 5.77. The van der Waals surface area contributed by atoms with E-state index in [0.29, 0.717) is 18.2 Å². The SMILES string of the molecule is N#CC1(COc2ccccc2-c2nccc(=O)[nH]2)CC1. The van der Waals surface area contributed by atoms with Crippen LogP contribution in [-0.2, 0) is 0 Å². The molecule has 1 aliphatic rings. The Morgan fingerprint density at radius 2 is 2.15 bits per heavy atom. The van der Waals surface area contributed by atoms with Crippen LogP contribution in [0.1, 0.15) is 12.8 Å². The minimum Gasteiger partial charge on any atom is -0.491 e. The van der Waals surface area contributed by atoms with Crippen molar-refractivity contribution in [2.24, 2.45) is 5.41 Å². The highest BCUT2D eigenvalue weighted by molar-refractivity contribution is 5.63. The third kappa shape index (κ3) is 2.41. The van der Waals surface area contributed by atoms with Crippen LogP contribution < -0.4 is 10.3 Å². The van der Waals surface area contributed by atoms with Crippen molar-refractivity contribution in [1.29, 1.82) is 5.26 Å². The molecule has 1 aromatic carbocycles. The molecule has 2 aromatic rings. The molecule has 0 saturated heterocycles. The minimum absolute atomic E-state index is 0.208. The summed E-state index contributed by atoms with van der Waals surface area (Å²) >= 11 is 0. The first-order valence-electron chi connectivity index (χ1n) is 6.41. The lowest BCUT2D eigenvalue weighted by molar-refractivity contribution is 0.270. The molecule has 0 spiro atoms. The molecule has 1 heterocycles. The van der Waals surface area contributed by atoms with Gasteiger partial charge in [0, 0.05) is 12.3 Å². The Morgan fingerprint density at radius 3 is 2.85 bits per heavy atom. The summed E-state index contributed by atoms with van der Waals surface area (Å²) in [6.45, 7) is 0.373. The van der Waals surface area contributed by atoms with Gasteiger partial charge in [-0.25, -0.2) is 4.98 Å². The third-order valence-electron chi connectivity index (χ3n) is 3.41. The predicted molar refractivity (Wildman–Crippen MR) is 73.1 cm³/mol. The number of hydrogen-bond donors (Lipinski definition) is 1. The highest BCUT2D eigenvalue weighted by atomic mass is 16.5. The lowest BCUT2D eigenvalue weighted by Crippen LogP contribution is -2.12. The Bertz CT molecular complexity index is 726. The van der Waals surface area contributed by atoms with Gasteiger partial charge in [0.1, 0.15) is 18.2 Å². The molecular weight excluding hydrogens is 254 g/mol. The first-order chi connectivity index (χ1) is 9.72. The second-order valence-electron chi connectivity index (χ2n) is 4.96. The maximum Gasteiger partial charge on any atom is 0.251 e. The summed E-state index contributed by atoms with van der Waals surface area (Å²) in [6, 6.07) is 11.0. The molecule has 0 bridgehead atoms. The first kappa shape index (κ1) is 12.4. The zero-order valence-corrected chi connectivity index (χ0v) is 10.8. The van der Waals surface area contributed by atoms with Crippen LogP contribution in [0.5, 0.6) is 5.75 Å². The Morgan fingerprint density at radius 1 is 1.35 bits per heavy atom. The van der Waals surface area contributed by atoms with E-state index in [1.807, 2.05) is 24.3 Å². The second kappa shape index (κ2) is 4.82. The van der Waals surface area contributed by atoms with Crippen LogP contribution in [0.2, 0.25) is 0 Å². The molecule has 1 saturated carbocycles. The van der Waals surface area contributed by atoms with Crippen LogP contribution >= 0.6 is 0 Å². The Kier molecular flexibility index (Phi) is 2.99. The van der Waals surface area contributed by atoms with Gasteiger partial charge in [-0.3, -0.25) is 4.79 Å². The molecule has 3 rings (SSSR count). The van der Waals surface area contributed by atoms with Gasteiger partial charge in [-0.2, -0.15) is 5.26 Å². The molecule has 0 radical (unpaired) electrons. The van der Waals surface area contributed by atoms with E-state index in [4.69, 9.17) is 10.00 Å². The van der Waals surface area contributed by atoms with Gasteiger partial charge in [0.05, 0.1) is 17.0 Å². The van der Waals surface area contributed by atoms with E-state index in [1.165, 1.54) is 12.3 Å². The van der Waals surface area contributed by atoms with Gasteiger partial charge >= 0.3 is 0 Å². The molecule has 0 aliphatic heterocycles. The number of rotatable bonds is 4. The van der Waals surface area contributed by atoms with Gasteiger partial charge in [0.15, 0.2) is 0 Å². The fraction of sp³-hybridized carbons (Fsp3) is 0.267. The van der Waals surface area contributed by atoms with E-state index >= 15 is 0 Å². The number of H-pyrrole nitrogens is 1. The summed E-state index contributed by atoms with van der Waals surface area (Å²) in [5.74, 6) is 1.10. The topological polar surface area (TPSA) is 78.8 Å². The lowest BCUT2D eigenvalue weighted by atomic mass is 10.1. The minimum atomic E-state index is -0.329. The Labute approximate surface area is 115 Å². The molecule has 1 N–H and O–H groups in total. The third-order valence-corrected chi connectivity index (χ3v) is 3.41. The number of aromatic nitrogens is 2. The summed E-state index contributed by atoms with van der Waals surface area (Å²) in [5, 5.41) is 9.07. The van der Waals surface area contributed by atoms with Gasteiger partial charge in [0.25, 0.3) is 5.56 Å². The van der Waals surface area contributed by atoms with Crippen molar-refractivity contribution < 1.29 is 4.74 Å². The van der Waals surface area contributed by atoms with E-state index in [0.717, 1.165) is 18.4 Å². The number of ether oxygens (including phenoxy) is 1. The quantitative estimate of drug-likeness (QED) is 0.920. The summed E-state index contributed by atoms with van der Waals surface area (Å²) in [4.78, 5) is 18.2. The van der Waals surface area contributed by atoms with Crippen molar-refractivity contribution in [3.8, 4) is 23.2 Å². The van der Waals surface area contributed by atoms with Crippen LogP contribution in [0.25, 0.3) is 11.4 Å². The molecule has 5 heteroatoms. The van der Waals surface area contributed by atoms with Gasteiger partial charge in [-0.15, -0.1) is 0 Å². The monoisotopic (exact) mass is 267 g/mol. The molecule has 1 aromatic heterocycles. The lowest BCUT2D eigenvalue weighted by Gasteiger charge is -2.12. The normalized spacial score (nSPS) is 15.3. The molecular formula is C15H13N3O2. The highest BCUT2D eigenvalue weighted by Gasteiger charge is 2.44. The van der Waals surface area contributed by atoms with E-state index in [2.05, 4.69) is 16.0 Å². The number of para-hydroxylation sites is 1. The van der Waals surface area contributed by atoms with Crippen molar-refractivity contribution in [3.05, 3.63) is 46.9 Å². The van der Waals surface area contributed by atoms with Crippen LogP contribution in [-0.4, -0.2) is 16.6 Å². The van der Waals surface area contributed by atoms with Crippen LogP contribution in [0.3, 0.4) is 0 Å². The van der Waals surface area contributed by atoms with E-state index in [1.54, 1.807) is 0 Å². The number of nitrogens with one attached hydrogen (secondary N) is 1. The smallest absolute Gasteiger partial charge is 0.251 e. The zero-order valence-electron chi connectivity index (χ0n) is 10.8. The van der Waals surface area contributed by atoms with Gasteiger partial charge in [-0.05, 0) is 25.0 Å². The van der Waals surface area contributed by atoms with Gasteiger partial charge < -0.3 is 9.72 Å². The maximum absolute atomic E-state index is 11.4. The van der Waals surface area contributed by atoms with Gasteiger partial charge in [-0.1, -0.05) is 12.1 Å². The number of benzene rings is 1. The van der Waals surface area contributed by atoms with E-state index in [-0.39, 0.29) is 11.0 Å². The van der Waals surface area contributed by atoms with Crippen LogP contribution in [0.4, 0.5) is 0 Å². The Balaban J connectivity index is 1.89. The van der Waals surface area contributed by atoms with Crippen molar-refractivity contribution in [2.45, 2.75) is 12.8 Å². The number of nitriles is 1. The van der Waals surface area contributed by atoms with Crippen molar-refractivity contribution in [1.82, 2.24) is 9.97 Å². The average Bonchev–Trinajstić information content (AvgIpc) is 3.26. The van der Waals surface area contributed by atoms with Crippen LogP contribution in [0, 0.1) is 16.7 Å². The molecule has 0 amide bonds. The summed E-state index contributed by atoms with van der Waals surface area (Å²) in [6.07, 6.45) is 3.22. The van der Waals surface area contributed by atoms with Crippen molar-refractivity contribution in [2.75, 3.05) is 6.61 Å². The predicted octanol–water partition coefficient (Wildman–Crippen LogP) is 2.12. The van der Waals surface area contributed by atoms with Crippen LogP contribution in [0.15, 0.2) is 41.3 Å². The zero-order chi connectivity index (χ0) is 14.0. The van der Waals surface area contributed by atoms with E-state index in [9.17, 15) is 4.79 Å². The molecule has 100 valence electrons. The standard InChI is InChI=1S/C15H13N3O2/c16-9-15(6-7-15)10-20-12-4-2-1-3-11(12)14-17-8-5-13(19)18-14/h1-5,8H,6-7,10H2,(H,17,18,19). The molecule has 0 atom stereocenters. The fourth-order valence-corrected chi connectivity index (χ4v) is 1.95. The van der Waals surface area contributed by atoms with Crippen molar-refractivity contribution in [3.63, 3.8) is 0 Å². The number of nitrogens with zero attached hydrogens (tertiary/aromatic N) is 2. The summed E-state index contributed by atoms with van der Waals surface area (Å²) in [5.41, 5.74) is 0.185. The average molecular weight is 267 g/mol. The van der Waals surface area contributed by atoms with E-state index < -0.39 is 0 Å². The summed E-state index contributed by atoms with van der Waals surface area (Å²) in [7, 11) is 0. The second-order valence-corrected chi connectivity index (χ2v) is 4.96. The number of hydrogen-bond acceptors (Lipinski definition) is 4. The Hall–Kier alpha value is -2.61. The highest BCUT2D eigenvalue weighted by Crippen LogP contribution is 2.45. The maximum atomic E-state index is 11.4. The molecule has 0 unspecified atom stereocenters. The number of aromatic amines is 1. The van der Waals surface area contributed by atoms with Crippen molar-refractivity contribution >= 4 is 0 Å². The molecule has 5 nitrogen and oxygen atoms in total. The fourth-order valence-electron chi connectivity index (χ4n) is 1.95. The molecule has 1 aliphatic carbocycles. The molecule has 20 heavy (non-hydrogen) atoms.